The molecule has 0 bridgehead atoms. The molecule has 1 unspecified atom stereocenters. The van der Waals surface area contributed by atoms with E-state index in [9.17, 15) is 5.11 Å². The van der Waals surface area contributed by atoms with Gasteiger partial charge in [-0.2, -0.15) is 0 Å². The number of piperidine rings is 1. The molecule has 1 aliphatic heterocycles. The Morgan fingerprint density at radius 1 is 1.43 bits per heavy atom. The fourth-order valence-corrected chi connectivity index (χ4v) is 2.10. The van der Waals surface area contributed by atoms with Crippen LogP contribution < -0.4 is 5.32 Å². The van der Waals surface area contributed by atoms with Crippen LogP contribution in [0.5, 0.6) is 5.75 Å². The van der Waals surface area contributed by atoms with Crippen molar-refractivity contribution in [3.63, 3.8) is 0 Å². The molecule has 1 fully saturated rings. The number of aromatic hydroxyl groups is 1. The fourth-order valence-electron chi connectivity index (χ4n) is 1.91. The molecule has 3 heteroatoms. The van der Waals surface area contributed by atoms with Crippen LogP contribution in [0.4, 0.5) is 0 Å². The molecule has 0 aliphatic carbocycles. The van der Waals surface area contributed by atoms with Gasteiger partial charge in [-0.25, -0.2) is 0 Å². The lowest BCUT2D eigenvalue weighted by Crippen LogP contribution is -2.28. The summed E-state index contributed by atoms with van der Waals surface area (Å²) in [6, 6.07) is 5.50. The minimum atomic E-state index is 0.166. The predicted octanol–water partition coefficient (Wildman–Crippen LogP) is 2.51. The van der Waals surface area contributed by atoms with Crippen LogP contribution in [0, 0.1) is 0 Å². The molecule has 14 heavy (non-hydrogen) atoms. The largest absolute Gasteiger partial charge is 0.506 e. The number of hydrogen-bond acceptors (Lipinski definition) is 2. The molecule has 2 rings (SSSR count). The summed E-state index contributed by atoms with van der Waals surface area (Å²) in [7, 11) is 0. The van der Waals surface area contributed by atoms with Crippen LogP contribution in [-0.2, 0) is 0 Å². The van der Waals surface area contributed by atoms with Gasteiger partial charge in [0.15, 0.2) is 0 Å². The Bertz CT molecular complexity index is 321. The van der Waals surface area contributed by atoms with E-state index in [-0.39, 0.29) is 5.75 Å². The number of benzene rings is 1. The molecule has 1 aromatic carbocycles. The van der Waals surface area contributed by atoms with Gasteiger partial charge in [0.25, 0.3) is 0 Å². The first kappa shape index (κ1) is 9.81. The molecule has 76 valence electrons. The second-order valence-corrected chi connectivity index (χ2v) is 4.16. The maximum absolute atomic E-state index is 9.29. The number of hydrogen-bond donors (Lipinski definition) is 2. The molecular weight excluding hydrogens is 198 g/mol. The average Bonchev–Trinajstić information content (AvgIpc) is 2.23. The van der Waals surface area contributed by atoms with E-state index in [1.54, 1.807) is 6.07 Å². The van der Waals surface area contributed by atoms with Crippen LogP contribution in [0.25, 0.3) is 0 Å². The molecule has 1 heterocycles. The zero-order valence-electron chi connectivity index (χ0n) is 7.96. The Kier molecular flexibility index (Phi) is 2.94. The van der Waals surface area contributed by atoms with Crippen LogP contribution in [0.2, 0.25) is 5.02 Å². The van der Waals surface area contributed by atoms with Crippen molar-refractivity contribution in [2.24, 2.45) is 0 Å². The van der Waals surface area contributed by atoms with Crippen molar-refractivity contribution < 1.29 is 5.11 Å². The van der Waals surface area contributed by atoms with Crippen molar-refractivity contribution in [1.82, 2.24) is 5.32 Å². The van der Waals surface area contributed by atoms with E-state index in [4.69, 9.17) is 11.6 Å². The molecule has 1 aliphatic rings. The molecule has 2 nitrogen and oxygen atoms in total. The van der Waals surface area contributed by atoms with Gasteiger partial charge >= 0.3 is 0 Å². The highest BCUT2D eigenvalue weighted by Crippen LogP contribution is 2.30. The molecule has 1 atom stereocenters. The predicted molar refractivity (Wildman–Crippen MR) is 58.0 cm³/mol. The van der Waals surface area contributed by atoms with E-state index in [1.165, 1.54) is 18.4 Å². The molecule has 1 saturated heterocycles. The van der Waals surface area contributed by atoms with E-state index in [1.807, 2.05) is 12.1 Å². The average molecular weight is 212 g/mol. The minimum absolute atomic E-state index is 0.166. The van der Waals surface area contributed by atoms with Gasteiger partial charge in [0.05, 0.1) is 5.02 Å². The third kappa shape index (κ3) is 2.02. The SMILES string of the molecule is Oc1ccc(C2CCCNC2)cc1Cl. The van der Waals surface area contributed by atoms with Crippen LogP contribution in [0.3, 0.4) is 0 Å². The van der Waals surface area contributed by atoms with Crippen molar-refractivity contribution in [2.75, 3.05) is 13.1 Å². The van der Waals surface area contributed by atoms with Gasteiger partial charge in [-0.1, -0.05) is 17.7 Å². The monoisotopic (exact) mass is 211 g/mol. The highest BCUT2D eigenvalue weighted by Gasteiger charge is 2.15. The quantitative estimate of drug-likeness (QED) is 0.748. The Balaban J connectivity index is 2.18. The molecule has 0 spiro atoms. The Morgan fingerprint density at radius 3 is 2.93 bits per heavy atom. The zero-order chi connectivity index (χ0) is 9.97. The molecule has 0 saturated carbocycles. The number of halogens is 1. The lowest BCUT2D eigenvalue weighted by Gasteiger charge is -2.23. The highest BCUT2D eigenvalue weighted by atomic mass is 35.5. The fraction of sp³-hybridized carbons (Fsp3) is 0.455. The Hall–Kier alpha value is -0.730. The van der Waals surface area contributed by atoms with Gasteiger partial charge in [-0.3, -0.25) is 0 Å². The lowest BCUT2D eigenvalue weighted by atomic mass is 9.92. The van der Waals surface area contributed by atoms with Gasteiger partial charge < -0.3 is 10.4 Å². The summed E-state index contributed by atoms with van der Waals surface area (Å²) in [5.41, 5.74) is 1.22. The van der Waals surface area contributed by atoms with Crippen molar-refractivity contribution in [1.29, 1.82) is 0 Å². The molecule has 2 N–H and O–H groups in total. The van der Waals surface area contributed by atoms with Gasteiger partial charge in [-0.05, 0) is 43.0 Å². The number of rotatable bonds is 1. The smallest absolute Gasteiger partial charge is 0.134 e. The first-order chi connectivity index (χ1) is 6.77. The van der Waals surface area contributed by atoms with Crippen molar-refractivity contribution >= 4 is 11.6 Å². The van der Waals surface area contributed by atoms with Crippen LogP contribution in [0.15, 0.2) is 18.2 Å². The van der Waals surface area contributed by atoms with Crippen LogP contribution >= 0.6 is 11.6 Å². The standard InChI is InChI=1S/C11H14ClNO/c12-10-6-8(3-4-11(10)14)9-2-1-5-13-7-9/h3-4,6,9,13-14H,1-2,5,7H2. The van der Waals surface area contributed by atoms with Gasteiger partial charge in [0.1, 0.15) is 5.75 Å². The second kappa shape index (κ2) is 4.20. The molecule has 0 radical (unpaired) electrons. The van der Waals surface area contributed by atoms with E-state index in [2.05, 4.69) is 5.32 Å². The van der Waals surface area contributed by atoms with Crippen LogP contribution in [0.1, 0.15) is 24.3 Å². The number of phenols is 1. The first-order valence-corrected chi connectivity index (χ1v) is 5.34. The molecule has 0 aromatic heterocycles. The summed E-state index contributed by atoms with van der Waals surface area (Å²) in [5.74, 6) is 0.709. The van der Waals surface area contributed by atoms with Crippen molar-refractivity contribution in [3.8, 4) is 5.75 Å². The summed E-state index contributed by atoms with van der Waals surface area (Å²) in [6.45, 7) is 2.13. The Morgan fingerprint density at radius 2 is 2.29 bits per heavy atom. The summed E-state index contributed by atoms with van der Waals surface area (Å²) >= 11 is 5.86. The first-order valence-electron chi connectivity index (χ1n) is 4.96. The summed E-state index contributed by atoms with van der Waals surface area (Å²) in [6.07, 6.45) is 2.41. The normalized spacial score (nSPS) is 22.2. The molecular formula is C11H14ClNO. The minimum Gasteiger partial charge on any atom is -0.506 e. The number of phenolic OH excluding ortho intramolecular Hbond substituents is 1. The third-order valence-electron chi connectivity index (χ3n) is 2.74. The van der Waals surface area contributed by atoms with E-state index in [0.717, 1.165) is 13.1 Å². The van der Waals surface area contributed by atoms with Crippen molar-refractivity contribution in [2.45, 2.75) is 18.8 Å². The maximum atomic E-state index is 9.29. The van der Waals surface area contributed by atoms with E-state index < -0.39 is 0 Å². The summed E-state index contributed by atoms with van der Waals surface area (Å²) < 4.78 is 0. The molecule has 0 amide bonds. The van der Waals surface area contributed by atoms with Gasteiger partial charge in [0.2, 0.25) is 0 Å². The topological polar surface area (TPSA) is 32.3 Å². The Labute approximate surface area is 88.9 Å². The summed E-state index contributed by atoms with van der Waals surface area (Å²) in [4.78, 5) is 0. The highest BCUT2D eigenvalue weighted by molar-refractivity contribution is 6.32. The van der Waals surface area contributed by atoms with Gasteiger partial charge in [0, 0.05) is 6.54 Å². The summed E-state index contributed by atoms with van der Waals surface area (Å²) in [5, 5.41) is 13.1. The van der Waals surface area contributed by atoms with E-state index >= 15 is 0 Å². The van der Waals surface area contributed by atoms with E-state index in [0.29, 0.717) is 10.9 Å². The van der Waals surface area contributed by atoms with Crippen molar-refractivity contribution in [3.05, 3.63) is 28.8 Å². The zero-order valence-corrected chi connectivity index (χ0v) is 8.72. The number of nitrogens with one attached hydrogen (secondary N) is 1. The molecule has 1 aromatic rings. The van der Waals surface area contributed by atoms with Gasteiger partial charge in [-0.15, -0.1) is 0 Å². The van der Waals surface area contributed by atoms with Crippen LogP contribution in [-0.4, -0.2) is 18.2 Å². The second-order valence-electron chi connectivity index (χ2n) is 3.75. The lowest BCUT2D eigenvalue weighted by molar-refractivity contribution is 0.458. The third-order valence-corrected chi connectivity index (χ3v) is 3.04. The maximum Gasteiger partial charge on any atom is 0.134 e.